The lowest BCUT2D eigenvalue weighted by molar-refractivity contribution is -0.130. The van der Waals surface area contributed by atoms with Crippen LogP contribution in [0.5, 0.6) is 0 Å². The van der Waals surface area contributed by atoms with Crippen LogP contribution in [-0.2, 0) is 9.53 Å². The molecule has 6 heteroatoms. The number of hydrogen-bond donors (Lipinski definition) is 1. The maximum atomic E-state index is 12.4. The van der Waals surface area contributed by atoms with Gasteiger partial charge in [-0.25, -0.2) is 9.48 Å². The molecular weight excluding hydrogens is 342 g/mol. The van der Waals surface area contributed by atoms with Crippen LogP contribution in [-0.4, -0.2) is 33.8 Å². The van der Waals surface area contributed by atoms with Gasteiger partial charge in [-0.15, -0.1) is 0 Å². The van der Waals surface area contributed by atoms with Gasteiger partial charge >= 0.3 is 5.97 Å². The van der Waals surface area contributed by atoms with Gasteiger partial charge in [0.05, 0.1) is 11.3 Å². The number of nitrogens with zero attached hydrogens (tertiary/aromatic N) is 2. The molecule has 1 aliphatic carbocycles. The average molecular weight is 369 g/mol. The van der Waals surface area contributed by atoms with Crippen LogP contribution in [0.3, 0.4) is 0 Å². The summed E-state index contributed by atoms with van der Waals surface area (Å²) in [5.41, 5.74) is 2.29. The minimum Gasteiger partial charge on any atom is -0.449 e. The van der Waals surface area contributed by atoms with Crippen LogP contribution < -0.4 is 5.32 Å². The Labute approximate surface area is 159 Å². The molecule has 1 aliphatic rings. The fourth-order valence-corrected chi connectivity index (χ4v) is 3.49. The van der Waals surface area contributed by atoms with Gasteiger partial charge < -0.3 is 10.1 Å². The molecule has 1 N–H and O–H groups in total. The first-order valence-corrected chi connectivity index (χ1v) is 9.58. The second kappa shape index (κ2) is 8.37. The lowest BCUT2D eigenvalue weighted by Crippen LogP contribution is -2.45. The highest BCUT2D eigenvalue weighted by atomic mass is 16.5. The van der Waals surface area contributed by atoms with E-state index in [1.54, 1.807) is 29.9 Å². The summed E-state index contributed by atoms with van der Waals surface area (Å²) in [5, 5.41) is 7.27. The van der Waals surface area contributed by atoms with Crippen molar-refractivity contribution < 1.29 is 14.3 Å². The summed E-state index contributed by atoms with van der Waals surface area (Å²) in [6, 6.07) is 9.08. The molecule has 3 unspecified atom stereocenters. The molecule has 1 amide bonds. The molecule has 6 nitrogen and oxygen atoms in total. The molecule has 3 rings (SSSR count). The molecule has 0 aliphatic heterocycles. The first kappa shape index (κ1) is 19.1. The maximum Gasteiger partial charge on any atom is 0.338 e. The largest absolute Gasteiger partial charge is 0.449 e. The van der Waals surface area contributed by atoms with Gasteiger partial charge in [0.2, 0.25) is 0 Å². The van der Waals surface area contributed by atoms with Gasteiger partial charge in [0.15, 0.2) is 6.10 Å². The van der Waals surface area contributed by atoms with Gasteiger partial charge in [-0.3, -0.25) is 4.79 Å². The SMILES string of the molecule is Cc1ccnn1-c1ccc(C(=O)OC(C)C(=O)NC2CCCCC2C)cc1. The number of hydrogen-bond acceptors (Lipinski definition) is 4. The van der Waals surface area contributed by atoms with Crippen LogP contribution in [0.1, 0.15) is 55.6 Å². The molecule has 0 radical (unpaired) electrons. The molecule has 3 atom stereocenters. The van der Waals surface area contributed by atoms with Crippen molar-refractivity contribution in [1.82, 2.24) is 15.1 Å². The number of nitrogens with one attached hydrogen (secondary N) is 1. The lowest BCUT2D eigenvalue weighted by atomic mass is 9.86. The first-order valence-electron chi connectivity index (χ1n) is 9.58. The first-order chi connectivity index (χ1) is 13.0. The van der Waals surface area contributed by atoms with Gasteiger partial charge in [0, 0.05) is 17.9 Å². The number of carbonyl (C=O) groups is 2. The standard InChI is InChI=1S/C21H27N3O3/c1-14-6-4-5-7-19(14)23-20(25)16(3)27-21(26)17-8-10-18(11-9-17)24-15(2)12-13-22-24/h8-14,16,19H,4-7H2,1-3H3,(H,23,25). The van der Waals surface area contributed by atoms with E-state index in [-0.39, 0.29) is 11.9 Å². The minimum absolute atomic E-state index is 0.170. The van der Waals surface area contributed by atoms with E-state index in [1.165, 1.54) is 6.42 Å². The third kappa shape index (κ3) is 4.56. The number of carbonyl (C=O) groups excluding carboxylic acids is 2. The highest BCUT2D eigenvalue weighted by molar-refractivity contribution is 5.92. The Morgan fingerprint density at radius 1 is 1.19 bits per heavy atom. The molecule has 27 heavy (non-hydrogen) atoms. The van der Waals surface area contributed by atoms with Gasteiger partial charge in [0.25, 0.3) is 5.91 Å². The van der Waals surface area contributed by atoms with E-state index in [2.05, 4.69) is 17.3 Å². The summed E-state index contributed by atoms with van der Waals surface area (Å²) in [6.45, 7) is 5.73. The molecule has 1 saturated carbocycles. The Morgan fingerprint density at radius 3 is 2.52 bits per heavy atom. The topological polar surface area (TPSA) is 73.2 Å². The predicted octanol–water partition coefficient (Wildman–Crippen LogP) is 3.42. The molecule has 0 spiro atoms. The van der Waals surface area contributed by atoms with Crippen LogP contribution in [0.4, 0.5) is 0 Å². The normalized spacial score (nSPS) is 20.7. The number of ether oxygens (including phenoxy) is 1. The van der Waals surface area contributed by atoms with E-state index in [4.69, 9.17) is 4.74 Å². The number of aryl methyl sites for hydroxylation is 1. The summed E-state index contributed by atoms with van der Waals surface area (Å²) < 4.78 is 7.14. The zero-order valence-corrected chi connectivity index (χ0v) is 16.1. The smallest absolute Gasteiger partial charge is 0.338 e. The lowest BCUT2D eigenvalue weighted by Gasteiger charge is -2.30. The number of amides is 1. The molecule has 2 aromatic rings. The number of rotatable bonds is 5. The van der Waals surface area contributed by atoms with E-state index in [0.29, 0.717) is 11.5 Å². The van der Waals surface area contributed by atoms with Crippen molar-refractivity contribution in [2.75, 3.05) is 0 Å². The molecular formula is C21H27N3O3. The summed E-state index contributed by atoms with van der Waals surface area (Å²) in [4.78, 5) is 24.7. The minimum atomic E-state index is -0.820. The zero-order valence-electron chi connectivity index (χ0n) is 16.1. The van der Waals surface area contributed by atoms with Crippen LogP contribution >= 0.6 is 0 Å². The second-order valence-electron chi connectivity index (χ2n) is 7.36. The molecule has 0 saturated heterocycles. The van der Waals surface area contributed by atoms with Crippen molar-refractivity contribution in [2.24, 2.45) is 5.92 Å². The van der Waals surface area contributed by atoms with E-state index in [0.717, 1.165) is 30.6 Å². The molecule has 1 aromatic carbocycles. The number of aromatic nitrogens is 2. The van der Waals surface area contributed by atoms with Crippen LogP contribution in [0.15, 0.2) is 36.5 Å². The van der Waals surface area contributed by atoms with Crippen molar-refractivity contribution in [2.45, 2.75) is 58.6 Å². The molecule has 1 fully saturated rings. The Balaban J connectivity index is 1.57. The Bertz CT molecular complexity index is 797. The third-order valence-electron chi connectivity index (χ3n) is 5.27. The van der Waals surface area contributed by atoms with Crippen molar-refractivity contribution >= 4 is 11.9 Å². The zero-order chi connectivity index (χ0) is 19.4. The van der Waals surface area contributed by atoms with Gasteiger partial charge in [0.1, 0.15) is 0 Å². The van der Waals surface area contributed by atoms with Crippen molar-refractivity contribution in [3.05, 3.63) is 47.8 Å². The monoisotopic (exact) mass is 369 g/mol. The van der Waals surface area contributed by atoms with Gasteiger partial charge in [-0.1, -0.05) is 19.8 Å². The van der Waals surface area contributed by atoms with Crippen LogP contribution in [0.25, 0.3) is 5.69 Å². The fourth-order valence-electron chi connectivity index (χ4n) is 3.49. The summed E-state index contributed by atoms with van der Waals surface area (Å²) in [7, 11) is 0. The number of esters is 1. The van der Waals surface area contributed by atoms with Crippen LogP contribution in [0, 0.1) is 12.8 Å². The average Bonchev–Trinajstić information content (AvgIpc) is 3.09. The van der Waals surface area contributed by atoms with E-state index in [9.17, 15) is 9.59 Å². The van der Waals surface area contributed by atoms with E-state index in [1.807, 2.05) is 25.1 Å². The van der Waals surface area contributed by atoms with Crippen LogP contribution in [0.2, 0.25) is 0 Å². The highest BCUT2D eigenvalue weighted by Crippen LogP contribution is 2.23. The van der Waals surface area contributed by atoms with Crippen molar-refractivity contribution in [1.29, 1.82) is 0 Å². The van der Waals surface area contributed by atoms with Crippen molar-refractivity contribution in [3.8, 4) is 5.69 Å². The third-order valence-corrected chi connectivity index (χ3v) is 5.27. The maximum absolute atomic E-state index is 12.4. The summed E-state index contributed by atoms with van der Waals surface area (Å²) in [6.07, 6.45) is 5.37. The Kier molecular flexibility index (Phi) is 5.94. The highest BCUT2D eigenvalue weighted by Gasteiger charge is 2.26. The Morgan fingerprint density at radius 2 is 1.89 bits per heavy atom. The number of benzene rings is 1. The van der Waals surface area contributed by atoms with E-state index >= 15 is 0 Å². The molecule has 1 aromatic heterocycles. The Hall–Kier alpha value is -2.63. The predicted molar refractivity (Wildman–Crippen MR) is 103 cm³/mol. The summed E-state index contributed by atoms with van der Waals surface area (Å²) in [5.74, 6) is -0.270. The van der Waals surface area contributed by atoms with E-state index < -0.39 is 12.1 Å². The molecule has 0 bridgehead atoms. The summed E-state index contributed by atoms with van der Waals surface area (Å²) >= 11 is 0. The quantitative estimate of drug-likeness (QED) is 0.820. The molecule has 144 valence electrons. The molecule has 1 heterocycles. The van der Waals surface area contributed by atoms with Crippen molar-refractivity contribution in [3.63, 3.8) is 0 Å². The second-order valence-corrected chi connectivity index (χ2v) is 7.36. The fraction of sp³-hybridized carbons (Fsp3) is 0.476. The van der Waals surface area contributed by atoms with Gasteiger partial charge in [-0.2, -0.15) is 5.10 Å². The van der Waals surface area contributed by atoms with Gasteiger partial charge in [-0.05, 0) is 62.9 Å².